The van der Waals surface area contributed by atoms with Gasteiger partial charge in [0.2, 0.25) is 0 Å². The molecule has 0 spiro atoms. The van der Waals surface area contributed by atoms with E-state index in [9.17, 15) is 0 Å². The molecule has 0 saturated heterocycles. The minimum atomic E-state index is 0.371. The van der Waals surface area contributed by atoms with Crippen molar-refractivity contribution >= 4 is 5.69 Å². The summed E-state index contributed by atoms with van der Waals surface area (Å²) < 4.78 is 0. The number of hydrogen-bond acceptors (Lipinski definition) is 2. The largest absolute Gasteiger partial charge is 0.377 e. The summed E-state index contributed by atoms with van der Waals surface area (Å²) in [4.78, 5) is 4.15. The van der Waals surface area contributed by atoms with E-state index in [2.05, 4.69) is 53.6 Å². The van der Waals surface area contributed by atoms with E-state index in [1.165, 1.54) is 18.4 Å². The van der Waals surface area contributed by atoms with Crippen LogP contribution >= 0.6 is 0 Å². The Balaban J connectivity index is 2.10. The maximum atomic E-state index is 4.15. The molecule has 0 radical (unpaired) electrons. The van der Waals surface area contributed by atoms with Crippen molar-refractivity contribution in [3.8, 4) is 0 Å². The second-order valence-electron chi connectivity index (χ2n) is 4.49. The van der Waals surface area contributed by atoms with Crippen LogP contribution in [0.15, 0.2) is 54.9 Å². The fourth-order valence-electron chi connectivity index (χ4n) is 2.07. The molecule has 0 aliphatic rings. The molecule has 1 N–H and O–H groups in total. The van der Waals surface area contributed by atoms with E-state index in [0.29, 0.717) is 6.04 Å². The number of nitrogens with zero attached hydrogens (tertiary/aromatic N) is 1. The molecule has 2 rings (SSSR count). The third-order valence-electron chi connectivity index (χ3n) is 3.05. The summed E-state index contributed by atoms with van der Waals surface area (Å²) in [5, 5.41) is 3.57. The molecule has 0 saturated carbocycles. The molecule has 0 fully saturated rings. The van der Waals surface area contributed by atoms with Gasteiger partial charge >= 0.3 is 0 Å². The van der Waals surface area contributed by atoms with Gasteiger partial charge in [-0.2, -0.15) is 0 Å². The fourth-order valence-corrected chi connectivity index (χ4v) is 2.07. The highest BCUT2D eigenvalue weighted by Gasteiger charge is 2.10. The minimum absolute atomic E-state index is 0.371. The number of pyridine rings is 1. The first kappa shape index (κ1) is 12.6. The molecule has 1 unspecified atom stereocenters. The Morgan fingerprint density at radius 3 is 2.61 bits per heavy atom. The van der Waals surface area contributed by atoms with Crippen molar-refractivity contribution in [2.45, 2.75) is 32.2 Å². The first-order chi connectivity index (χ1) is 8.90. The second kappa shape index (κ2) is 6.80. The van der Waals surface area contributed by atoms with Crippen LogP contribution in [0.1, 0.15) is 37.8 Å². The van der Waals surface area contributed by atoms with Crippen molar-refractivity contribution in [1.29, 1.82) is 0 Å². The highest BCUT2D eigenvalue weighted by molar-refractivity contribution is 5.42. The van der Waals surface area contributed by atoms with Gasteiger partial charge in [0.1, 0.15) is 0 Å². The van der Waals surface area contributed by atoms with Crippen LogP contribution < -0.4 is 5.32 Å². The van der Waals surface area contributed by atoms with Gasteiger partial charge in [-0.3, -0.25) is 4.98 Å². The van der Waals surface area contributed by atoms with Gasteiger partial charge < -0.3 is 5.32 Å². The first-order valence-corrected chi connectivity index (χ1v) is 6.61. The number of nitrogens with one attached hydrogen (secondary N) is 1. The highest BCUT2D eigenvalue weighted by atomic mass is 14.9. The molecule has 1 heterocycles. The molecule has 0 bridgehead atoms. The standard InChI is InChI=1S/C16H20N2/c1-2-3-11-16(14-8-5-4-6-9-14)18-15-10-7-12-17-13-15/h4-10,12-13,16,18H,2-3,11H2,1H3. The van der Waals surface area contributed by atoms with Crippen LogP contribution in [0.4, 0.5) is 5.69 Å². The molecular formula is C16H20N2. The molecule has 1 aromatic carbocycles. The summed E-state index contributed by atoms with van der Waals surface area (Å²) >= 11 is 0. The fraction of sp³-hybridized carbons (Fsp3) is 0.312. The lowest BCUT2D eigenvalue weighted by Gasteiger charge is -2.20. The Labute approximate surface area is 109 Å². The van der Waals surface area contributed by atoms with Crippen molar-refractivity contribution in [3.05, 3.63) is 60.4 Å². The van der Waals surface area contributed by atoms with Crippen molar-refractivity contribution in [2.24, 2.45) is 0 Å². The first-order valence-electron chi connectivity index (χ1n) is 6.61. The number of hydrogen-bond donors (Lipinski definition) is 1. The molecule has 0 aliphatic heterocycles. The van der Waals surface area contributed by atoms with Crippen LogP contribution in [-0.4, -0.2) is 4.98 Å². The Morgan fingerprint density at radius 1 is 1.11 bits per heavy atom. The summed E-state index contributed by atoms with van der Waals surface area (Å²) in [7, 11) is 0. The van der Waals surface area contributed by atoms with E-state index in [4.69, 9.17) is 0 Å². The van der Waals surface area contributed by atoms with Gasteiger partial charge in [0.05, 0.1) is 11.7 Å². The van der Waals surface area contributed by atoms with Gasteiger partial charge in [0.25, 0.3) is 0 Å². The van der Waals surface area contributed by atoms with E-state index >= 15 is 0 Å². The van der Waals surface area contributed by atoms with Crippen molar-refractivity contribution in [3.63, 3.8) is 0 Å². The summed E-state index contributed by atoms with van der Waals surface area (Å²) in [6, 6.07) is 15.0. The summed E-state index contributed by atoms with van der Waals surface area (Å²) in [6.45, 7) is 2.23. The third kappa shape index (κ3) is 3.59. The zero-order valence-electron chi connectivity index (χ0n) is 10.8. The Bertz CT molecular complexity index is 439. The Kier molecular flexibility index (Phi) is 4.77. The molecule has 1 atom stereocenters. The van der Waals surface area contributed by atoms with E-state index in [1.807, 2.05) is 12.3 Å². The van der Waals surface area contributed by atoms with Crippen LogP contribution in [0.5, 0.6) is 0 Å². The van der Waals surface area contributed by atoms with Crippen molar-refractivity contribution in [2.75, 3.05) is 5.32 Å². The predicted octanol–water partition coefficient (Wildman–Crippen LogP) is 4.43. The average molecular weight is 240 g/mol. The quantitative estimate of drug-likeness (QED) is 0.808. The lowest BCUT2D eigenvalue weighted by atomic mass is 10.0. The smallest absolute Gasteiger partial charge is 0.0531 e. The van der Waals surface area contributed by atoms with Gasteiger partial charge in [-0.05, 0) is 24.1 Å². The number of unbranched alkanes of at least 4 members (excludes halogenated alkanes) is 1. The highest BCUT2D eigenvalue weighted by Crippen LogP contribution is 2.23. The van der Waals surface area contributed by atoms with E-state index in [1.54, 1.807) is 6.20 Å². The molecule has 2 heteroatoms. The van der Waals surface area contributed by atoms with Crippen molar-refractivity contribution < 1.29 is 0 Å². The topological polar surface area (TPSA) is 24.9 Å². The molecule has 2 nitrogen and oxygen atoms in total. The van der Waals surface area contributed by atoms with E-state index in [-0.39, 0.29) is 0 Å². The average Bonchev–Trinajstić information content (AvgIpc) is 2.45. The number of aromatic nitrogens is 1. The number of rotatable bonds is 6. The van der Waals surface area contributed by atoms with Crippen molar-refractivity contribution in [1.82, 2.24) is 4.98 Å². The molecule has 2 aromatic rings. The summed E-state index contributed by atoms with van der Waals surface area (Å²) in [5.41, 5.74) is 2.43. The summed E-state index contributed by atoms with van der Waals surface area (Å²) in [5.74, 6) is 0. The van der Waals surface area contributed by atoms with Gasteiger partial charge in [-0.15, -0.1) is 0 Å². The predicted molar refractivity (Wildman–Crippen MR) is 76.6 cm³/mol. The lowest BCUT2D eigenvalue weighted by Crippen LogP contribution is -2.10. The number of benzene rings is 1. The lowest BCUT2D eigenvalue weighted by molar-refractivity contribution is 0.634. The van der Waals surface area contributed by atoms with Gasteiger partial charge in [0.15, 0.2) is 0 Å². The second-order valence-corrected chi connectivity index (χ2v) is 4.49. The molecule has 94 valence electrons. The molecule has 18 heavy (non-hydrogen) atoms. The minimum Gasteiger partial charge on any atom is -0.377 e. The van der Waals surface area contributed by atoms with Crippen LogP contribution in [0.25, 0.3) is 0 Å². The SMILES string of the molecule is CCCCC(Nc1cccnc1)c1ccccc1. The van der Waals surface area contributed by atoms with Crippen LogP contribution in [0.3, 0.4) is 0 Å². The van der Waals surface area contributed by atoms with Crippen LogP contribution in [0.2, 0.25) is 0 Å². The normalized spacial score (nSPS) is 12.1. The summed E-state index contributed by atoms with van der Waals surface area (Å²) in [6.07, 6.45) is 7.27. The Hall–Kier alpha value is -1.83. The van der Waals surface area contributed by atoms with Gasteiger partial charge in [0, 0.05) is 12.4 Å². The monoisotopic (exact) mass is 240 g/mol. The van der Waals surface area contributed by atoms with Crippen LogP contribution in [0, 0.1) is 0 Å². The van der Waals surface area contributed by atoms with E-state index < -0.39 is 0 Å². The number of anilines is 1. The van der Waals surface area contributed by atoms with E-state index in [0.717, 1.165) is 12.1 Å². The van der Waals surface area contributed by atoms with Crippen LogP contribution in [-0.2, 0) is 0 Å². The molecule has 0 aliphatic carbocycles. The van der Waals surface area contributed by atoms with Gasteiger partial charge in [-0.1, -0.05) is 50.1 Å². The third-order valence-corrected chi connectivity index (χ3v) is 3.05. The Morgan fingerprint density at radius 2 is 1.94 bits per heavy atom. The molecule has 0 amide bonds. The molecule has 1 aromatic heterocycles. The zero-order valence-corrected chi connectivity index (χ0v) is 10.8. The molecular weight excluding hydrogens is 220 g/mol. The van der Waals surface area contributed by atoms with Gasteiger partial charge in [-0.25, -0.2) is 0 Å². The maximum Gasteiger partial charge on any atom is 0.0531 e. The zero-order chi connectivity index (χ0) is 12.6. The maximum absolute atomic E-state index is 4.15.